The summed E-state index contributed by atoms with van der Waals surface area (Å²) in [4.78, 5) is 27.5. The van der Waals surface area contributed by atoms with E-state index in [1.165, 1.54) is 4.88 Å². The Balaban J connectivity index is 1.43. The maximum absolute atomic E-state index is 13.3. The molecule has 0 N–H and O–H groups in total. The fourth-order valence-corrected chi connectivity index (χ4v) is 4.54. The Morgan fingerprint density at radius 3 is 2.97 bits per heavy atom. The van der Waals surface area contributed by atoms with E-state index in [2.05, 4.69) is 26.1 Å². The number of aryl methyl sites for hydroxylation is 1. The summed E-state index contributed by atoms with van der Waals surface area (Å²) in [6, 6.07) is 7.98. The maximum atomic E-state index is 13.3. The van der Waals surface area contributed by atoms with Crippen molar-refractivity contribution < 1.29 is 14.1 Å². The lowest BCUT2D eigenvalue weighted by molar-refractivity contribution is -0.137. The number of nitrogens with zero attached hydrogens (tertiary/aromatic N) is 5. The smallest absolute Gasteiger partial charge is 0.259 e. The van der Waals surface area contributed by atoms with Crippen LogP contribution in [0.1, 0.15) is 23.5 Å². The number of pyridine rings is 1. The molecule has 3 aromatic rings. The van der Waals surface area contributed by atoms with E-state index in [0.29, 0.717) is 38.0 Å². The van der Waals surface area contributed by atoms with Gasteiger partial charge >= 0.3 is 0 Å². The van der Waals surface area contributed by atoms with E-state index in [0.717, 1.165) is 30.8 Å². The number of thiophene rings is 1. The first-order chi connectivity index (χ1) is 15.1. The van der Waals surface area contributed by atoms with Crippen molar-refractivity contribution in [1.82, 2.24) is 20.0 Å². The molecule has 1 atom stereocenters. The van der Waals surface area contributed by atoms with E-state index in [-0.39, 0.29) is 11.8 Å². The average molecular weight is 442 g/mol. The van der Waals surface area contributed by atoms with Gasteiger partial charge in [0, 0.05) is 37.8 Å². The standard InChI is InChI=1S/C22H27N5O3S/c1-16-24-21(30-25-16)17-7-8-20(23-13-17)26-9-3-5-18(14-26)22(28)27(10-11-29-2)15-19-6-4-12-31-19/h4,6-8,12-13,18H,3,5,9-11,14-15H2,1-2H3/t18-/m1/s1. The predicted octanol–water partition coefficient (Wildman–Crippen LogP) is 3.39. The Morgan fingerprint density at radius 2 is 2.29 bits per heavy atom. The van der Waals surface area contributed by atoms with Crippen LogP contribution in [0.4, 0.5) is 5.82 Å². The van der Waals surface area contributed by atoms with E-state index in [4.69, 9.17) is 9.26 Å². The summed E-state index contributed by atoms with van der Waals surface area (Å²) in [7, 11) is 1.67. The van der Waals surface area contributed by atoms with E-state index >= 15 is 0 Å². The van der Waals surface area contributed by atoms with Crippen molar-refractivity contribution in [2.24, 2.45) is 5.92 Å². The van der Waals surface area contributed by atoms with Crippen LogP contribution in [0.2, 0.25) is 0 Å². The Kier molecular flexibility index (Phi) is 6.93. The van der Waals surface area contributed by atoms with Crippen molar-refractivity contribution in [2.75, 3.05) is 38.3 Å². The number of aromatic nitrogens is 3. The molecule has 1 saturated heterocycles. The highest BCUT2D eigenvalue weighted by Gasteiger charge is 2.30. The molecule has 0 saturated carbocycles. The summed E-state index contributed by atoms with van der Waals surface area (Å²) in [5.74, 6) is 2.06. The molecule has 0 aliphatic carbocycles. The summed E-state index contributed by atoms with van der Waals surface area (Å²) in [5.41, 5.74) is 0.788. The lowest BCUT2D eigenvalue weighted by Crippen LogP contribution is -2.45. The first kappa shape index (κ1) is 21.5. The lowest BCUT2D eigenvalue weighted by Gasteiger charge is -2.35. The molecule has 0 unspecified atom stereocenters. The average Bonchev–Trinajstić information content (AvgIpc) is 3.48. The van der Waals surface area contributed by atoms with Crippen LogP contribution in [-0.4, -0.2) is 59.3 Å². The van der Waals surface area contributed by atoms with Gasteiger partial charge in [-0.25, -0.2) is 4.98 Å². The monoisotopic (exact) mass is 441 g/mol. The van der Waals surface area contributed by atoms with Gasteiger partial charge in [-0.3, -0.25) is 4.79 Å². The molecule has 164 valence electrons. The topological polar surface area (TPSA) is 84.6 Å². The largest absolute Gasteiger partial charge is 0.383 e. The number of carbonyl (C=O) groups excluding carboxylic acids is 1. The number of hydrogen-bond donors (Lipinski definition) is 0. The van der Waals surface area contributed by atoms with Crippen molar-refractivity contribution in [3.05, 3.63) is 46.5 Å². The molecule has 31 heavy (non-hydrogen) atoms. The number of anilines is 1. The molecule has 1 fully saturated rings. The fourth-order valence-electron chi connectivity index (χ4n) is 3.82. The van der Waals surface area contributed by atoms with E-state index in [1.807, 2.05) is 28.5 Å². The van der Waals surface area contributed by atoms with Gasteiger partial charge in [-0.15, -0.1) is 11.3 Å². The first-order valence-electron chi connectivity index (χ1n) is 10.5. The van der Waals surface area contributed by atoms with Crippen molar-refractivity contribution in [3.63, 3.8) is 0 Å². The summed E-state index contributed by atoms with van der Waals surface area (Å²) >= 11 is 1.67. The molecule has 0 aromatic carbocycles. The molecular weight excluding hydrogens is 414 g/mol. The van der Waals surface area contributed by atoms with Crippen LogP contribution in [0.3, 0.4) is 0 Å². The van der Waals surface area contributed by atoms with Crippen LogP contribution < -0.4 is 4.90 Å². The van der Waals surface area contributed by atoms with Crippen molar-refractivity contribution in [3.8, 4) is 11.5 Å². The highest BCUT2D eigenvalue weighted by molar-refractivity contribution is 7.09. The Hall–Kier alpha value is -2.78. The third-order valence-electron chi connectivity index (χ3n) is 5.42. The van der Waals surface area contributed by atoms with Crippen molar-refractivity contribution in [2.45, 2.75) is 26.3 Å². The van der Waals surface area contributed by atoms with E-state index in [1.54, 1.807) is 31.6 Å². The predicted molar refractivity (Wildman–Crippen MR) is 119 cm³/mol. The molecule has 1 aliphatic heterocycles. The quantitative estimate of drug-likeness (QED) is 0.530. The molecule has 0 spiro atoms. The third-order valence-corrected chi connectivity index (χ3v) is 6.28. The molecule has 0 radical (unpaired) electrons. The van der Waals surface area contributed by atoms with Gasteiger partial charge in [0.15, 0.2) is 5.82 Å². The molecule has 0 bridgehead atoms. The number of amides is 1. The summed E-state index contributed by atoms with van der Waals surface area (Å²) in [6.07, 6.45) is 3.60. The molecule has 9 heteroatoms. The Labute approximate surface area is 185 Å². The van der Waals surface area contributed by atoms with E-state index < -0.39 is 0 Å². The summed E-state index contributed by atoms with van der Waals surface area (Å²) in [6.45, 7) is 5.10. The molecule has 4 rings (SSSR count). The van der Waals surface area contributed by atoms with Crippen LogP contribution in [0.15, 0.2) is 40.4 Å². The normalized spacial score (nSPS) is 16.5. The maximum Gasteiger partial charge on any atom is 0.259 e. The van der Waals surface area contributed by atoms with Gasteiger partial charge in [0.2, 0.25) is 5.91 Å². The molecule has 1 aliphatic rings. The molecule has 4 heterocycles. The van der Waals surface area contributed by atoms with Gasteiger partial charge in [-0.2, -0.15) is 4.98 Å². The zero-order valence-electron chi connectivity index (χ0n) is 17.9. The van der Waals surface area contributed by atoms with Crippen LogP contribution in [0.25, 0.3) is 11.5 Å². The Bertz CT molecular complexity index is 973. The number of hydrogen-bond acceptors (Lipinski definition) is 8. The zero-order chi connectivity index (χ0) is 21.6. The van der Waals surface area contributed by atoms with Gasteiger partial charge in [0.25, 0.3) is 5.89 Å². The Morgan fingerprint density at radius 1 is 1.39 bits per heavy atom. The second kappa shape index (κ2) is 10.0. The number of ether oxygens (including phenoxy) is 1. The first-order valence-corrected chi connectivity index (χ1v) is 11.3. The number of methoxy groups -OCH3 is 1. The van der Waals surface area contributed by atoms with Gasteiger partial charge in [-0.05, 0) is 43.3 Å². The minimum atomic E-state index is -0.0503. The molecule has 8 nitrogen and oxygen atoms in total. The van der Waals surface area contributed by atoms with Crippen molar-refractivity contribution >= 4 is 23.1 Å². The minimum absolute atomic E-state index is 0.0503. The van der Waals surface area contributed by atoms with Crippen molar-refractivity contribution in [1.29, 1.82) is 0 Å². The molecule has 1 amide bonds. The third kappa shape index (κ3) is 5.29. The van der Waals surface area contributed by atoms with Crippen LogP contribution in [0, 0.1) is 12.8 Å². The fraction of sp³-hybridized carbons (Fsp3) is 0.455. The van der Waals surface area contributed by atoms with Gasteiger partial charge in [0.05, 0.1) is 24.6 Å². The van der Waals surface area contributed by atoms with Gasteiger partial charge < -0.3 is 19.1 Å². The second-order valence-corrected chi connectivity index (χ2v) is 8.70. The molecular formula is C22H27N5O3S. The van der Waals surface area contributed by atoms with E-state index in [9.17, 15) is 4.79 Å². The van der Waals surface area contributed by atoms with Gasteiger partial charge in [-0.1, -0.05) is 11.2 Å². The highest BCUT2D eigenvalue weighted by atomic mass is 32.1. The SMILES string of the molecule is COCCN(Cc1cccs1)C(=O)[C@@H]1CCCN(c2ccc(-c3nc(C)no3)cn2)C1. The summed E-state index contributed by atoms with van der Waals surface area (Å²) < 4.78 is 10.5. The van der Waals surface area contributed by atoms with Gasteiger partial charge in [0.1, 0.15) is 5.82 Å². The summed E-state index contributed by atoms with van der Waals surface area (Å²) in [5, 5.41) is 5.87. The lowest BCUT2D eigenvalue weighted by atomic mass is 9.96. The highest BCUT2D eigenvalue weighted by Crippen LogP contribution is 2.26. The number of piperidine rings is 1. The van der Waals surface area contributed by atoms with Crippen LogP contribution in [0.5, 0.6) is 0 Å². The molecule has 3 aromatic heterocycles. The zero-order valence-corrected chi connectivity index (χ0v) is 18.7. The van der Waals surface area contributed by atoms with Crippen LogP contribution >= 0.6 is 11.3 Å². The second-order valence-electron chi connectivity index (χ2n) is 7.67. The minimum Gasteiger partial charge on any atom is -0.383 e. The number of rotatable bonds is 8. The number of carbonyl (C=O) groups is 1. The van der Waals surface area contributed by atoms with Crippen LogP contribution in [-0.2, 0) is 16.1 Å².